The number of rotatable bonds is 14. The minimum absolute atomic E-state index is 0. The first-order chi connectivity index (χ1) is 10.2. The summed E-state index contributed by atoms with van der Waals surface area (Å²) in [4.78, 5) is 22.9. The van der Waals surface area contributed by atoms with Crippen molar-refractivity contribution in [1.82, 2.24) is 0 Å². The van der Waals surface area contributed by atoms with Crippen molar-refractivity contribution in [2.24, 2.45) is 0 Å². The fourth-order valence-corrected chi connectivity index (χ4v) is 2.33. The molecule has 0 aromatic carbocycles. The van der Waals surface area contributed by atoms with Crippen LogP contribution in [0, 0.1) is 0 Å². The maximum absolute atomic E-state index is 11.5. The van der Waals surface area contributed by atoms with Gasteiger partial charge >= 0.3 is 39.2 Å². The normalized spacial score (nSPS) is 10.1. The van der Waals surface area contributed by atoms with Gasteiger partial charge in [-0.2, -0.15) is 0 Å². The van der Waals surface area contributed by atoms with Crippen molar-refractivity contribution in [3.05, 3.63) is 0 Å². The number of hydrogen-bond donors (Lipinski definition) is 0. The van der Waals surface area contributed by atoms with Gasteiger partial charge in [-0.1, -0.05) is 78.1 Å². The van der Waals surface area contributed by atoms with Crippen LogP contribution >= 0.6 is 0 Å². The van der Waals surface area contributed by atoms with Crippen molar-refractivity contribution in [2.45, 2.75) is 104 Å². The summed E-state index contributed by atoms with van der Waals surface area (Å²) in [6.07, 6.45) is 14.4. The zero-order chi connectivity index (χ0) is 15.8. The Morgan fingerprint density at radius 3 is 1.27 bits per heavy atom. The Kier molecular flexibility index (Phi) is 21.1. The molecular formula is C18H36O3Pb. The van der Waals surface area contributed by atoms with Crippen LogP contribution in [-0.2, 0) is 14.3 Å². The molecule has 0 bridgehead atoms. The van der Waals surface area contributed by atoms with Crippen LogP contribution in [-0.4, -0.2) is 39.2 Å². The molecule has 0 aromatic heterocycles. The summed E-state index contributed by atoms with van der Waals surface area (Å²) < 4.78 is 4.82. The van der Waals surface area contributed by atoms with Crippen LogP contribution in [0.1, 0.15) is 104 Å². The molecule has 2 radical (unpaired) electrons. The third-order valence-electron chi connectivity index (χ3n) is 3.70. The first-order valence-corrected chi connectivity index (χ1v) is 8.94. The van der Waals surface area contributed by atoms with E-state index in [1.54, 1.807) is 0 Å². The van der Waals surface area contributed by atoms with Crippen LogP contribution in [0.2, 0.25) is 0 Å². The van der Waals surface area contributed by atoms with Gasteiger partial charge in [0.05, 0.1) is 0 Å². The van der Waals surface area contributed by atoms with Crippen LogP contribution in [0.4, 0.5) is 0 Å². The van der Waals surface area contributed by atoms with Crippen LogP contribution in [0.5, 0.6) is 0 Å². The molecule has 0 unspecified atom stereocenters. The zero-order valence-electron chi connectivity index (χ0n) is 14.8. The minimum atomic E-state index is -0.348. The van der Waals surface area contributed by atoms with Crippen LogP contribution < -0.4 is 0 Å². The van der Waals surface area contributed by atoms with Crippen molar-refractivity contribution in [3.8, 4) is 0 Å². The Morgan fingerprint density at radius 2 is 0.909 bits per heavy atom. The molecule has 0 aliphatic heterocycles. The number of ether oxygens (including phenoxy) is 1. The van der Waals surface area contributed by atoms with Gasteiger partial charge in [-0.25, -0.2) is 0 Å². The Hall–Kier alpha value is 0.0621. The van der Waals surface area contributed by atoms with E-state index in [-0.39, 0.29) is 39.2 Å². The molecule has 0 aliphatic rings. The average molecular weight is 508 g/mol. The summed E-state index contributed by atoms with van der Waals surface area (Å²) in [6.45, 7) is 4.37. The van der Waals surface area contributed by atoms with Crippen molar-refractivity contribution in [2.75, 3.05) is 0 Å². The Bertz CT molecular complexity index is 267. The molecular weight excluding hydrogens is 471 g/mol. The molecule has 0 heterocycles. The number of carbonyl (C=O) groups is 2. The van der Waals surface area contributed by atoms with E-state index in [4.69, 9.17) is 4.74 Å². The van der Waals surface area contributed by atoms with Gasteiger partial charge < -0.3 is 4.74 Å². The zero-order valence-corrected chi connectivity index (χ0v) is 20.3. The van der Waals surface area contributed by atoms with Gasteiger partial charge in [-0.3, -0.25) is 9.59 Å². The van der Waals surface area contributed by atoms with Gasteiger partial charge in [0.15, 0.2) is 0 Å². The van der Waals surface area contributed by atoms with Gasteiger partial charge in [0, 0.05) is 12.8 Å². The molecule has 0 saturated heterocycles. The predicted octanol–water partition coefficient (Wildman–Crippen LogP) is 4.64. The van der Waals surface area contributed by atoms with Gasteiger partial charge in [0.2, 0.25) is 0 Å². The van der Waals surface area contributed by atoms with E-state index in [0.717, 1.165) is 32.1 Å². The van der Waals surface area contributed by atoms with Gasteiger partial charge in [-0.05, 0) is 12.8 Å². The molecule has 3 nitrogen and oxygen atoms in total. The Labute approximate surface area is 157 Å². The van der Waals surface area contributed by atoms with Gasteiger partial charge in [-0.15, -0.1) is 0 Å². The van der Waals surface area contributed by atoms with E-state index in [9.17, 15) is 9.59 Å². The molecule has 0 rings (SSSR count). The second-order valence-corrected chi connectivity index (χ2v) is 5.88. The molecule has 0 amide bonds. The quantitative estimate of drug-likeness (QED) is 0.149. The second kappa shape index (κ2) is 19.1. The Morgan fingerprint density at radius 1 is 0.591 bits per heavy atom. The molecule has 22 heavy (non-hydrogen) atoms. The molecule has 0 fully saturated rings. The third-order valence-corrected chi connectivity index (χ3v) is 3.70. The molecule has 0 spiro atoms. The van der Waals surface area contributed by atoms with Gasteiger partial charge in [0.1, 0.15) is 0 Å². The number of carbonyl (C=O) groups excluding carboxylic acids is 2. The van der Waals surface area contributed by atoms with Crippen LogP contribution in [0.3, 0.4) is 0 Å². The van der Waals surface area contributed by atoms with Crippen molar-refractivity contribution >= 4 is 39.2 Å². The fraction of sp³-hybridized carbons (Fsp3) is 0.889. The molecule has 0 atom stereocenters. The topological polar surface area (TPSA) is 43.4 Å². The molecule has 0 aliphatic carbocycles. The predicted molar refractivity (Wildman–Crippen MR) is 95.6 cm³/mol. The van der Waals surface area contributed by atoms with Crippen LogP contribution in [0.15, 0.2) is 0 Å². The second-order valence-electron chi connectivity index (χ2n) is 5.88. The standard InChI is InChI=1S/C18H34O3.Pb.2H/c1-3-5-7-9-10-12-14-16-18(20)21-17(19)15-13-11-8-6-4-2;;;/h3-16H2,1-2H3;;;. The van der Waals surface area contributed by atoms with E-state index < -0.39 is 0 Å². The number of hydrogen-bond acceptors (Lipinski definition) is 3. The van der Waals surface area contributed by atoms with E-state index in [0.29, 0.717) is 12.8 Å². The summed E-state index contributed by atoms with van der Waals surface area (Å²) >= 11 is 0. The SMILES string of the molecule is CCCCCCCCCC(=O)OC(=O)CCCCCCC.[PbH2]. The maximum atomic E-state index is 11.5. The van der Waals surface area contributed by atoms with E-state index in [1.165, 1.54) is 44.9 Å². The fourth-order valence-electron chi connectivity index (χ4n) is 2.33. The number of esters is 2. The first kappa shape index (κ1) is 24.3. The summed E-state index contributed by atoms with van der Waals surface area (Å²) in [6, 6.07) is 0. The van der Waals surface area contributed by atoms with Crippen molar-refractivity contribution in [3.63, 3.8) is 0 Å². The van der Waals surface area contributed by atoms with E-state index in [1.807, 2.05) is 0 Å². The molecule has 0 saturated carbocycles. The molecule has 0 aromatic rings. The first-order valence-electron chi connectivity index (χ1n) is 8.94. The van der Waals surface area contributed by atoms with E-state index in [2.05, 4.69) is 13.8 Å². The average Bonchev–Trinajstić information content (AvgIpc) is 2.46. The monoisotopic (exact) mass is 508 g/mol. The van der Waals surface area contributed by atoms with Crippen molar-refractivity contribution < 1.29 is 14.3 Å². The van der Waals surface area contributed by atoms with Crippen LogP contribution in [0.25, 0.3) is 0 Å². The molecule has 0 N–H and O–H groups in total. The summed E-state index contributed by atoms with van der Waals surface area (Å²) in [7, 11) is 0. The van der Waals surface area contributed by atoms with E-state index >= 15 is 0 Å². The third kappa shape index (κ3) is 18.1. The Balaban J connectivity index is 0. The summed E-state index contributed by atoms with van der Waals surface area (Å²) in [5.74, 6) is -0.693. The summed E-state index contributed by atoms with van der Waals surface area (Å²) in [5.41, 5.74) is 0. The summed E-state index contributed by atoms with van der Waals surface area (Å²) in [5, 5.41) is 0. The molecule has 4 heteroatoms. The number of unbranched alkanes of at least 4 members (excludes halogenated alkanes) is 10. The van der Waals surface area contributed by atoms with Crippen molar-refractivity contribution in [1.29, 1.82) is 0 Å². The molecule has 130 valence electrons. The van der Waals surface area contributed by atoms with Gasteiger partial charge in [0.25, 0.3) is 0 Å².